The van der Waals surface area contributed by atoms with Crippen molar-refractivity contribution in [3.63, 3.8) is 0 Å². The Morgan fingerprint density at radius 2 is 1.27 bits per heavy atom. The van der Waals surface area contributed by atoms with Crippen molar-refractivity contribution in [1.29, 1.82) is 0 Å². The van der Waals surface area contributed by atoms with Gasteiger partial charge < -0.3 is 4.74 Å². The molecule has 1 aromatic carbocycles. The number of halogens is 6. The van der Waals surface area contributed by atoms with Crippen LogP contribution in [0.4, 0.5) is 16.9 Å². The van der Waals surface area contributed by atoms with Crippen molar-refractivity contribution in [3.8, 4) is 5.75 Å². The van der Waals surface area contributed by atoms with Gasteiger partial charge in [0.1, 0.15) is 17.1 Å². The van der Waals surface area contributed by atoms with Gasteiger partial charge in [0.05, 0.1) is 12.5 Å². The summed E-state index contributed by atoms with van der Waals surface area (Å²) in [6.45, 7) is 6.20. The van der Waals surface area contributed by atoms with Crippen molar-refractivity contribution < 1.29 is 21.6 Å². The minimum absolute atomic E-state index is 0.110. The summed E-state index contributed by atoms with van der Waals surface area (Å²) < 4.78 is 65.3. The van der Waals surface area contributed by atoms with Gasteiger partial charge in [-0.15, -0.1) is 0 Å². The van der Waals surface area contributed by atoms with E-state index in [9.17, 15) is 16.9 Å². The fourth-order valence-corrected chi connectivity index (χ4v) is 2.20. The van der Waals surface area contributed by atoms with Crippen LogP contribution in [0.5, 0.6) is 5.75 Å². The molecule has 0 N–H and O–H groups in total. The number of rotatable bonds is 3. The van der Waals surface area contributed by atoms with E-state index < -0.39 is 19.5 Å². The topological polar surface area (TPSA) is 9.23 Å². The SMILES string of the molecule is C[S+](C)Cc1ccc(OC(C)(C)C)cc1.[F][Sb-]([F])([F])([F])([F])[F]. The molecule has 0 aliphatic heterocycles. The maximum atomic E-state index is 9.93. The number of benzene rings is 1. The number of ether oxygens (including phenoxy) is 1. The molecule has 22 heavy (non-hydrogen) atoms. The van der Waals surface area contributed by atoms with Crippen LogP contribution in [0.2, 0.25) is 0 Å². The van der Waals surface area contributed by atoms with E-state index in [0.717, 1.165) is 11.5 Å². The van der Waals surface area contributed by atoms with Crippen molar-refractivity contribution in [2.45, 2.75) is 32.1 Å². The molecule has 0 aromatic heterocycles. The van der Waals surface area contributed by atoms with Gasteiger partial charge in [0.15, 0.2) is 0 Å². The molecule has 0 atom stereocenters. The zero-order valence-corrected chi connectivity index (χ0v) is 16.4. The van der Waals surface area contributed by atoms with E-state index in [2.05, 4.69) is 57.5 Å². The summed E-state index contributed by atoms with van der Waals surface area (Å²) in [6, 6.07) is 8.45. The summed E-state index contributed by atoms with van der Waals surface area (Å²) >= 11 is -11.2. The van der Waals surface area contributed by atoms with E-state index in [0.29, 0.717) is 10.9 Å². The summed E-state index contributed by atoms with van der Waals surface area (Å²) in [4.78, 5) is 0. The molecule has 0 aliphatic carbocycles. The van der Waals surface area contributed by atoms with Crippen molar-refractivity contribution in [1.82, 2.24) is 0 Å². The summed E-state index contributed by atoms with van der Waals surface area (Å²) in [5.74, 6) is 2.12. The number of hydrogen-bond donors (Lipinski definition) is 0. The van der Waals surface area contributed by atoms with Crippen LogP contribution in [-0.4, -0.2) is 37.6 Å². The summed E-state index contributed by atoms with van der Waals surface area (Å²) in [6.07, 6.45) is 4.53. The second-order valence-electron chi connectivity index (χ2n) is 5.95. The first kappa shape index (κ1) is 21.8. The first-order chi connectivity index (χ1) is 9.32. The second kappa shape index (κ2) is 6.34. The van der Waals surface area contributed by atoms with Crippen LogP contribution in [0.3, 0.4) is 0 Å². The molecular formula is C13H21F6OSSb. The molecule has 0 aliphatic rings. The molecule has 1 aromatic rings. The quantitative estimate of drug-likeness (QED) is 0.334. The third-order valence-corrected chi connectivity index (χ3v) is 2.71. The molecular weight excluding hydrogens is 440 g/mol. The Hall–Kier alpha value is -0.232. The Labute approximate surface area is 132 Å². The Morgan fingerprint density at radius 3 is 1.55 bits per heavy atom. The molecule has 0 amide bonds. The normalized spacial score (nSPS) is 15.5. The van der Waals surface area contributed by atoms with E-state index in [-0.39, 0.29) is 5.60 Å². The average Bonchev–Trinajstić information content (AvgIpc) is 2.13. The predicted molar refractivity (Wildman–Crippen MR) is 82.1 cm³/mol. The molecule has 1 nitrogen and oxygen atoms in total. The van der Waals surface area contributed by atoms with Gasteiger partial charge >= 0.3 is 36.4 Å². The summed E-state index contributed by atoms with van der Waals surface area (Å²) in [5.41, 5.74) is 1.28. The van der Waals surface area contributed by atoms with Gasteiger partial charge in [0.25, 0.3) is 0 Å². The Bertz CT molecular complexity index is 464. The summed E-state index contributed by atoms with van der Waals surface area (Å²) in [7, 11) is 0.467. The first-order valence-electron chi connectivity index (χ1n) is 6.20. The molecule has 0 bridgehead atoms. The molecule has 0 unspecified atom stereocenters. The van der Waals surface area contributed by atoms with Crippen molar-refractivity contribution in [2.75, 3.05) is 12.5 Å². The average molecular weight is 461 g/mol. The van der Waals surface area contributed by atoms with Gasteiger partial charge in [-0.2, -0.15) is 0 Å². The molecule has 0 heterocycles. The molecule has 1 rings (SSSR count). The molecule has 132 valence electrons. The standard InChI is InChI=1S/C13H21OS.6FH.Sb/c1-13(2,3)14-12-8-6-11(7-9-12)10-15(4)5;;;;;;;/h6-9H,10H2,1-5H3;6*1H;/q+1;;;;;;;+5/p-6. The fourth-order valence-electron chi connectivity index (χ4n) is 1.34. The maximum absolute atomic E-state index is 11.2. The van der Waals surface area contributed by atoms with E-state index in [1.54, 1.807) is 0 Å². The Kier molecular flexibility index (Phi) is 6.28. The predicted octanol–water partition coefficient (Wildman–Crippen LogP) is 5.38. The molecule has 0 saturated carbocycles. The van der Waals surface area contributed by atoms with Crippen LogP contribution in [0.25, 0.3) is 0 Å². The van der Waals surface area contributed by atoms with Crippen LogP contribution < -0.4 is 4.74 Å². The van der Waals surface area contributed by atoms with Crippen LogP contribution >= 0.6 is 0 Å². The van der Waals surface area contributed by atoms with Crippen LogP contribution in [-0.2, 0) is 16.6 Å². The van der Waals surface area contributed by atoms with Crippen LogP contribution in [0.15, 0.2) is 24.3 Å². The second-order valence-corrected chi connectivity index (χ2v) is 13.7. The van der Waals surface area contributed by atoms with Gasteiger partial charge in [-0.3, -0.25) is 0 Å². The monoisotopic (exact) mass is 460 g/mol. The third kappa shape index (κ3) is 19.8. The Balaban J connectivity index is 0.000000534. The van der Waals surface area contributed by atoms with Crippen LogP contribution in [0, 0.1) is 0 Å². The zero-order valence-electron chi connectivity index (χ0n) is 13.0. The van der Waals surface area contributed by atoms with Gasteiger partial charge in [-0.25, -0.2) is 0 Å². The van der Waals surface area contributed by atoms with E-state index in [1.165, 1.54) is 5.56 Å². The molecule has 0 spiro atoms. The Morgan fingerprint density at radius 1 is 0.909 bits per heavy atom. The third-order valence-electron chi connectivity index (χ3n) is 1.80. The number of hydrogen-bond acceptors (Lipinski definition) is 1. The van der Waals surface area contributed by atoms with Gasteiger partial charge in [0.2, 0.25) is 0 Å². The zero-order chi connectivity index (χ0) is 17.9. The first-order valence-corrected chi connectivity index (χ1v) is 14.2. The minimum atomic E-state index is -11.2. The van der Waals surface area contributed by atoms with E-state index >= 15 is 0 Å². The molecule has 9 heteroatoms. The van der Waals surface area contributed by atoms with Crippen LogP contribution in [0.1, 0.15) is 26.3 Å². The fraction of sp³-hybridized carbons (Fsp3) is 0.538. The van der Waals surface area contributed by atoms with Crippen molar-refractivity contribution in [3.05, 3.63) is 29.8 Å². The van der Waals surface area contributed by atoms with Gasteiger partial charge in [-0.05, 0) is 43.8 Å². The van der Waals surface area contributed by atoms with E-state index in [4.69, 9.17) is 4.74 Å². The van der Waals surface area contributed by atoms with E-state index in [1.807, 2.05) is 0 Å². The molecule has 0 saturated heterocycles. The summed E-state index contributed by atoms with van der Waals surface area (Å²) in [5, 5.41) is 0. The van der Waals surface area contributed by atoms with Crippen molar-refractivity contribution >= 4 is 30.4 Å². The van der Waals surface area contributed by atoms with Gasteiger partial charge in [0, 0.05) is 5.56 Å². The molecule has 0 fully saturated rings. The molecule has 0 radical (unpaired) electrons. The van der Waals surface area contributed by atoms with Gasteiger partial charge in [-0.1, -0.05) is 12.1 Å². The van der Waals surface area contributed by atoms with Crippen molar-refractivity contribution in [2.24, 2.45) is 0 Å².